The summed E-state index contributed by atoms with van der Waals surface area (Å²) in [5, 5.41) is 75.7. The van der Waals surface area contributed by atoms with Gasteiger partial charge in [0.2, 0.25) is 5.91 Å². The first kappa shape index (κ1) is 59.3. The van der Waals surface area contributed by atoms with Crippen LogP contribution in [0.3, 0.4) is 0 Å². The number of carbonyl (C=O) groups excluding carboxylic acids is 1. The summed E-state index contributed by atoms with van der Waals surface area (Å²) in [5.74, 6) is -0.713. The van der Waals surface area contributed by atoms with Crippen LogP contribution in [-0.2, 0) is 14.3 Å². The number of nitrogens with one attached hydrogen (secondary N) is 1. The number of unbranched alkanes of at least 4 members (excludes halogenated alkanes) is 25. The van der Waals surface area contributed by atoms with Crippen LogP contribution in [-0.4, -0.2) is 110 Å². The van der Waals surface area contributed by atoms with Crippen LogP contribution in [0, 0.1) is 0 Å². The van der Waals surface area contributed by atoms with E-state index in [1.54, 1.807) is 0 Å². The molecule has 0 aromatic heterocycles. The molecule has 0 aromatic rings. The van der Waals surface area contributed by atoms with Gasteiger partial charge >= 0.3 is 0 Å². The Hall–Kier alpha value is -1.67. The summed E-state index contributed by atoms with van der Waals surface area (Å²) in [5.41, 5.74) is 0. The van der Waals surface area contributed by atoms with Crippen LogP contribution in [0.25, 0.3) is 0 Å². The number of hydrogen-bond acceptors (Lipinski definition) is 10. The van der Waals surface area contributed by atoms with Crippen molar-refractivity contribution in [3.8, 4) is 0 Å². The molecule has 8 N–H and O–H groups in total. The van der Waals surface area contributed by atoms with Crippen LogP contribution in [0.4, 0.5) is 0 Å². The van der Waals surface area contributed by atoms with Crippen molar-refractivity contribution >= 4 is 5.91 Å². The summed E-state index contributed by atoms with van der Waals surface area (Å²) >= 11 is 0. The minimum atomic E-state index is -1.67. The first-order chi connectivity index (χ1) is 30.7. The third-order valence-corrected chi connectivity index (χ3v) is 12.4. The first-order valence-electron chi connectivity index (χ1n) is 25.9. The zero-order chi connectivity index (χ0) is 46.2. The van der Waals surface area contributed by atoms with E-state index in [1.165, 1.54) is 135 Å². The van der Waals surface area contributed by atoms with E-state index in [9.17, 15) is 40.5 Å². The third kappa shape index (κ3) is 31.0. The summed E-state index contributed by atoms with van der Waals surface area (Å²) in [6, 6.07) is -1.19. The van der Waals surface area contributed by atoms with Gasteiger partial charge in [-0.1, -0.05) is 185 Å². The van der Waals surface area contributed by atoms with Crippen LogP contribution in [0.15, 0.2) is 36.5 Å². The molecular formula is C52H97NO10. The number of carbonyl (C=O) groups is 1. The van der Waals surface area contributed by atoms with E-state index < -0.39 is 74.2 Å². The van der Waals surface area contributed by atoms with Crippen molar-refractivity contribution in [2.24, 2.45) is 0 Å². The van der Waals surface area contributed by atoms with Crippen molar-refractivity contribution in [2.45, 2.75) is 274 Å². The largest absolute Gasteiger partial charge is 0.394 e. The quantitative estimate of drug-likeness (QED) is 0.0216. The molecule has 63 heavy (non-hydrogen) atoms. The standard InChI is InChI=1S/C52H97NO10/c1-3-5-7-9-11-13-15-16-17-18-19-20-21-22-23-24-25-26-27-28-30-32-34-36-38-40-45(56)51(61)53-43(42-62-52-50(60)49(59)48(58)46(41-54)63-52)47(57)44(55)39-37-35-33-31-29-14-12-10-8-6-4-2/h10,12,22-23,31,33,43-50,52,54-60H,3-9,11,13-21,24-30,32,34-42H2,1-2H3,(H,53,61)/b12-10+,23-22-,33-31+. The highest BCUT2D eigenvalue weighted by molar-refractivity contribution is 5.80. The normalized spacial score (nSPS) is 21.4. The molecule has 11 heteroatoms. The molecule has 0 spiro atoms. The average molecular weight is 896 g/mol. The molecule has 1 saturated heterocycles. The third-order valence-electron chi connectivity index (χ3n) is 12.4. The second-order valence-corrected chi connectivity index (χ2v) is 18.2. The van der Waals surface area contributed by atoms with Gasteiger partial charge in [0.1, 0.15) is 36.6 Å². The van der Waals surface area contributed by atoms with E-state index in [2.05, 4.69) is 55.6 Å². The first-order valence-corrected chi connectivity index (χ1v) is 25.9. The summed E-state index contributed by atoms with van der Waals surface area (Å²) in [4.78, 5) is 13.1. The van der Waals surface area contributed by atoms with E-state index in [-0.39, 0.29) is 12.8 Å². The highest BCUT2D eigenvalue weighted by Gasteiger charge is 2.44. The molecule has 9 unspecified atom stereocenters. The Labute approximate surface area is 384 Å². The van der Waals surface area contributed by atoms with Crippen LogP contribution in [0.5, 0.6) is 0 Å². The smallest absolute Gasteiger partial charge is 0.249 e. The molecule has 1 heterocycles. The Balaban J connectivity index is 2.32. The van der Waals surface area contributed by atoms with Gasteiger partial charge in [0, 0.05) is 0 Å². The molecular weight excluding hydrogens is 799 g/mol. The number of aliphatic hydroxyl groups excluding tert-OH is 7. The summed E-state index contributed by atoms with van der Waals surface area (Å²) in [7, 11) is 0. The Kier molecular flexibility index (Phi) is 39.3. The second-order valence-electron chi connectivity index (χ2n) is 18.2. The SMILES string of the molecule is CCCC/C=C/CC/C=C/CCCC(O)C(O)C(COC1OC(CO)C(O)C(O)C1O)NC(=O)C(O)CCCCCCCCCCC/C=C\CCCCCCCCCCCCCC. The maximum Gasteiger partial charge on any atom is 0.249 e. The van der Waals surface area contributed by atoms with E-state index in [0.717, 1.165) is 38.5 Å². The molecule has 1 rings (SSSR count). The lowest BCUT2D eigenvalue weighted by Gasteiger charge is -2.40. The molecule has 0 aliphatic carbocycles. The van der Waals surface area contributed by atoms with Gasteiger partial charge in [0.05, 0.1) is 25.4 Å². The predicted octanol–water partition coefficient (Wildman–Crippen LogP) is 9.56. The van der Waals surface area contributed by atoms with Crippen LogP contribution >= 0.6 is 0 Å². The fourth-order valence-corrected chi connectivity index (χ4v) is 8.09. The Bertz CT molecular complexity index is 1120. The molecule has 1 amide bonds. The molecule has 1 fully saturated rings. The van der Waals surface area contributed by atoms with Crippen molar-refractivity contribution in [3.63, 3.8) is 0 Å². The van der Waals surface area contributed by atoms with E-state index >= 15 is 0 Å². The number of amides is 1. The van der Waals surface area contributed by atoms with E-state index in [1.807, 2.05) is 0 Å². The fraction of sp³-hybridized carbons (Fsp3) is 0.865. The lowest BCUT2D eigenvalue weighted by molar-refractivity contribution is -0.303. The van der Waals surface area contributed by atoms with Crippen molar-refractivity contribution < 1.29 is 50.0 Å². The number of aliphatic hydroxyl groups is 7. The van der Waals surface area contributed by atoms with Gasteiger partial charge < -0.3 is 50.5 Å². The van der Waals surface area contributed by atoms with Crippen LogP contribution in [0.2, 0.25) is 0 Å². The van der Waals surface area contributed by atoms with Gasteiger partial charge in [-0.3, -0.25) is 4.79 Å². The molecule has 0 saturated carbocycles. The van der Waals surface area contributed by atoms with Crippen molar-refractivity contribution in [2.75, 3.05) is 13.2 Å². The molecule has 1 aliphatic heterocycles. The minimum Gasteiger partial charge on any atom is -0.394 e. The highest BCUT2D eigenvalue weighted by atomic mass is 16.7. The molecule has 1 aliphatic rings. The Morgan fingerprint density at radius 2 is 0.968 bits per heavy atom. The Morgan fingerprint density at radius 3 is 1.46 bits per heavy atom. The molecule has 11 nitrogen and oxygen atoms in total. The maximum absolute atomic E-state index is 13.1. The van der Waals surface area contributed by atoms with Gasteiger partial charge in [-0.05, 0) is 70.6 Å². The van der Waals surface area contributed by atoms with Gasteiger partial charge in [0.25, 0.3) is 0 Å². The number of ether oxygens (including phenoxy) is 2. The van der Waals surface area contributed by atoms with Crippen molar-refractivity contribution in [3.05, 3.63) is 36.5 Å². The Morgan fingerprint density at radius 1 is 0.540 bits per heavy atom. The van der Waals surface area contributed by atoms with E-state index in [4.69, 9.17) is 9.47 Å². The lowest BCUT2D eigenvalue weighted by Crippen LogP contribution is -2.60. The van der Waals surface area contributed by atoms with Crippen molar-refractivity contribution in [1.29, 1.82) is 0 Å². The molecule has 0 aromatic carbocycles. The molecule has 0 radical (unpaired) electrons. The molecule has 370 valence electrons. The lowest BCUT2D eigenvalue weighted by atomic mass is 9.98. The van der Waals surface area contributed by atoms with Gasteiger partial charge in [0.15, 0.2) is 6.29 Å². The highest BCUT2D eigenvalue weighted by Crippen LogP contribution is 2.23. The minimum absolute atomic E-state index is 0.244. The number of rotatable bonds is 43. The van der Waals surface area contributed by atoms with E-state index in [0.29, 0.717) is 19.3 Å². The predicted molar refractivity (Wildman–Crippen MR) is 256 cm³/mol. The average Bonchev–Trinajstić information content (AvgIpc) is 3.28. The molecule has 0 bridgehead atoms. The summed E-state index contributed by atoms with van der Waals surface area (Å²) in [6.07, 6.45) is 37.9. The zero-order valence-corrected chi connectivity index (χ0v) is 40.1. The number of hydrogen-bond donors (Lipinski definition) is 8. The summed E-state index contributed by atoms with van der Waals surface area (Å²) in [6.45, 7) is 3.37. The molecule has 9 atom stereocenters. The zero-order valence-electron chi connectivity index (χ0n) is 40.1. The van der Waals surface area contributed by atoms with Gasteiger partial charge in [-0.2, -0.15) is 0 Å². The second kappa shape index (κ2) is 41.7. The van der Waals surface area contributed by atoms with Crippen LogP contribution in [0.1, 0.15) is 219 Å². The monoisotopic (exact) mass is 896 g/mol. The number of allylic oxidation sites excluding steroid dienone is 6. The topological polar surface area (TPSA) is 189 Å². The van der Waals surface area contributed by atoms with Gasteiger partial charge in [-0.25, -0.2) is 0 Å². The van der Waals surface area contributed by atoms with Gasteiger partial charge in [-0.15, -0.1) is 0 Å². The van der Waals surface area contributed by atoms with Crippen LogP contribution < -0.4 is 5.32 Å². The van der Waals surface area contributed by atoms with Crippen molar-refractivity contribution in [1.82, 2.24) is 5.32 Å². The maximum atomic E-state index is 13.1. The fourth-order valence-electron chi connectivity index (χ4n) is 8.09. The summed E-state index contributed by atoms with van der Waals surface area (Å²) < 4.78 is 11.1.